The van der Waals surface area contributed by atoms with Crippen molar-refractivity contribution in [3.63, 3.8) is 0 Å². The minimum atomic E-state index is 0.684. The Hall–Kier alpha value is -0.980. The van der Waals surface area contributed by atoms with Crippen LogP contribution in [0.1, 0.15) is 31.4 Å². The first-order valence-corrected chi connectivity index (χ1v) is 8.22. The van der Waals surface area contributed by atoms with Crippen LogP contribution in [0.4, 0.5) is 0 Å². The molecule has 1 atom stereocenters. The summed E-state index contributed by atoms with van der Waals surface area (Å²) in [5.41, 5.74) is 1.06. The van der Waals surface area contributed by atoms with Crippen molar-refractivity contribution in [3.8, 4) is 0 Å². The summed E-state index contributed by atoms with van der Waals surface area (Å²) in [5, 5.41) is 12.0. The highest BCUT2D eigenvalue weighted by Crippen LogP contribution is 2.18. The number of nitrogens with zero attached hydrogens (tertiary/aromatic N) is 5. The molecule has 3 rings (SSSR count). The number of hydrogen-bond donors (Lipinski definition) is 1. The Labute approximate surface area is 127 Å². The number of piperidine rings is 1. The maximum Gasteiger partial charge on any atom is 0.0964 e. The Morgan fingerprint density at radius 3 is 3.00 bits per heavy atom. The van der Waals surface area contributed by atoms with E-state index in [-0.39, 0.29) is 0 Å². The van der Waals surface area contributed by atoms with Gasteiger partial charge in [-0.2, -0.15) is 0 Å². The molecule has 2 heterocycles. The molecule has 6 nitrogen and oxygen atoms in total. The van der Waals surface area contributed by atoms with E-state index in [2.05, 4.69) is 45.7 Å². The molecule has 0 radical (unpaired) electrons. The smallest absolute Gasteiger partial charge is 0.0964 e. The molecular formula is C15H28N6. The van der Waals surface area contributed by atoms with Crippen LogP contribution < -0.4 is 5.32 Å². The van der Waals surface area contributed by atoms with E-state index in [1.807, 2.05) is 4.68 Å². The summed E-state index contributed by atoms with van der Waals surface area (Å²) < 4.78 is 1.98. The van der Waals surface area contributed by atoms with Crippen molar-refractivity contribution in [2.75, 3.05) is 33.7 Å². The molecule has 1 saturated heterocycles. The van der Waals surface area contributed by atoms with Crippen LogP contribution in [0, 0.1) is 0 Å². The monoisotopic (exact) mass is 292 g/mol. The predicted octanol–water partition coefficient (Wildman–Crippen LogP) is 0.556. The average Bonchev–Trinajstić information content (AvgIpc) is 3.21. The van der Waals surface area contributed by atoms with Crippen LogP contribution in [-0.4, -0.2) is 70.6 Å². The second-order valence-electron chi connectivity index (χ2n) is 6.67. The zero-order valence-electron chi connectivity index (χ0n) is 13.3. The molecule has 0 aromatic carbocycles. The Kier molecular flexibility index (Phi) is 4.87. The highest BCUT2D eigenvalue weighted by atomic mass is 15.4. The molecule has 1 aliphatic carbocycles. The Morgan fingerprint density at radius 2 is 2.24 bits per heavy atom. The van der Waals surface area contributed by atoms with E-state index in [9.17, 15) is 0 Å². The van der Waals surface area contributed by atoms with E-state index in [0.29, 0.717) is 6.04 Å². The molecular weight excluding hydrogens is 264 g/mol. The average molecular weight is 292 g/mol. The summed E-state index contributed by atoms with van der Waals surface area (Å²) in [5.74, 6) is 0. The van der Waals surface area contributed by atoms with Crippen molar-refractivity contribution in [3.05, 3.63) is 11.9 Å². The van der Waals surface area contributed by atoms with Crippen molar-refractivity contribution < 1.29 is 0 Å². The van der Waals surface area contributed by atoms with Crippen molar-refractivity contribution in [2.45, 2.75) is 50.9 Å². The second-order valence-corrected chi connectivity index (χ2v) is 6.67. The number of nitrogens with one attached hydrogen (secondary N) is 1. The summed E-state index contributed by atoms with van der Waals surface area (Å²) in [6.45, 7) is 5.24. The highest BCUT2D eigenvalue weighted by Gasteiger charge is 2.21. The fourth-order valence-corrected chi connectivity index (χ4v) is 3.01. The number of aromatic nitrogens is 3. The molecule has 118 valence electrons. The van der Waals surface area contributed by atoms with Gasteiger partial charge >= 0.3 is 0 Å². The Bertz CT molecular complexity index is 441. The highest BCUT2D eigenvalue weighted by molar-refractivity contribution is 4.94. The molecule has 2 aliphatic rings. The Balaban J connectivity index is 1.41. The van der Waals surface area contributed by atoms with E-state index in [1.165, 1.54) is 38.8 Å². The zero-order valence-corrected chi connectivity index (χ0v) is 13.3. The van der Waals surface area contributed by atoms with E-state index >= 15 is 0 Å². The van der Waals surface area contributed by atoms with Crippen LogP contribution in [0.2, 0.25) is 0 Å². The lowest BCUT2D eigenvalue weighted by Gasteiger charge is -2.35. The van der Waals surface area contributed by atoms with Crippen LogP contribution in [0.3, 0.4) is 0 Å². The summed E-state index contributed by atoms with van der Waals surface area (Å²) in [7, 11) is 4.45. The molecule has 1 aromatic heterocycles. The van der Waals surface area contributed by atoms with Gasteiger partial charge in [0, 0.05) is 37.9 Å². The summed E-state index contributed by atoms with van der Waals surface area (Å²) in [6.07, 6.45) is 7.33. The van der Waals surface area contributed by atoms with Gasteiger partial charge < -0.3 is 15.1 Å². The van der Waals surface area contributed by atoms with Gasteiger partial charge in [-0.25, -0.2) is 0 Å². The van der Waals surface area contributed by atoms with Gasteiger partial charge in [0.2, 0.25) is 0 Å². The first-order chi connectivity index (χ1) is 10.2. The van der Waals surface area contributed by atoms with Crippen molar-refractivity contribution in [2.24, 2.45) is 0 Å². The number of hydrogen-bond acceptors (Lipinski definition) is 5. The fraction of sp³-hybridized carbons (Fsp3) is 0.867. The van der Waals surface area contributed by atoms with Crippen LogP contribution in [-0.2, 0) is 13.1 Å². The summed E-state index contributed by atoms with van der Waals surface area (Å²) in [6, 6.07) is 1.41. The van der Waals surface area contributed by atoms with Gasteiger partial charge in [-0.15, -0.1) is 5.10 Å². The quantitative estimate of drug-likeness (QED) is 0.795. The molecule has 0 spiro atoms. The van der Waals surface area contributed by atoms with E-state index in [0.717, 1.165) is 31.4 Å². The van der Waals surface area contributed by atoms with Crippen LogP contribution in [0.5, 0.6) is 0 Å². The van der Waals surface area contributed by atoms with Gasteiger partial charge in [0.15, 0.2) is 0 Å². The predicted molar refractivity (Wildman–Crippen MR) is 83.0 cm³/mol. The maximum atomic E-state index is 4.24. The lowest BCUT2D eigenvalue weighted by atomic mass is 10.1. The molecule has 1 N–H and O–H groups in total. The van der Waals surface area contributed by atoms with Gasteiger partial charge in [-0.05, 0) is 46.3 Å². The fourth-order valence-electron chi connectivity index (χ4n) is 3.01. The SMILES string of the molecule is CN1CCCC(N(C)CCn2cc(CNC3CC3)nn2)C1. The van der Waals surface area contributed by atoms with E-state index in [1.54, 1.807) is 0 Å². The largest absolute Gasteiger partial charge is 0.308 e. The Morgan fingerprint density at radius 1 is 1.38 bits per heavy atom. The maximum absolute atomic E-state index is 4.24. The van der Waals surface area contributed by atoms with Gasteiger partial charge in [-0.3, -0.25) is 4.68 Å². The lowest BCUT2D eigenvalue weighted by molar-refractivity contribution is 0.130. The zero-order chi connectivity index (χ0) is 14.7. The second kappa shape index (κ2) is 6.85. The third-order valence-electron chi connectivity index (χ3n) is 4.64. The van der Waals surface area contributed by atoms with Crippen molar-refractivity contribution in [1.82, 2.24) is 30.1 Å². The topological polar surface area (TPSA) is 49.2 Å². The molecule has 1 saturated carbocycles. The van der Waals surface area contributed by atoms with Crippen molar-refractivity contribution >= 4 is 0 Å². The molecule has 1 aromatic rings. The lowest BCUT2D eigenvalue weighted by Crippen LogP contribution is -2.45. The minimum Gasteiger partial charge on any atom is -0.308 e. The van der Waals surface area contributed by atoms with Gasteiger partial charge in [0.1, 0.15) is 0 Å². The van der Waals surface area contributed by atoms with Crippen LogP contribution in [0.25, 0.3) is 0 Å². The minimum absolute atomic E-state index is 0.684. The van der Waals surface area contributed by atoms with Gasteiger partial charge in [-0.1, -0.05) is 5.21 Å². The normalized spacial score (nSPS) is 23.9. The van der Waals surface area contributed by atoms with E-state index < -0.39 is 0 Å². The van der Waals surface area contributed by atoms with E-state index in [4.69, 9.17) is 0 Å². The first kappa shape index (κ1) is 14.9. The molecule has 6 heteroatoms. The summed E-state index contributed by atoms with van der Waals surface area (Å²) in [4.78, 5) is 4.90. The summed E-state index contributed by atoms with van der Waals surface area (Å²) >= 11 is 0. The molecule has 0 bridgehead atoms. The van der Waals surface area contributed by atoms with Gasteiger partial charge in [0.25, 0.3) is 0 Å². The first-order valence-electron chi connectivity index (χ1n) is 8.22. The molecule has 2 fully saturated rings. The van der Waals surface area contributed by atoms with Crippen LogP contribution >= 0.6 is 0 Å². The van der Waals surface area contributed by atoms with Crippen molar-refractivity contribution in [1.29, 1.82) is 0 Å². The standard InChI is InChI=1S/C15H28N6/c1-19-7-3-4-15(12-19)20(2)8-9-21-11-14(17-18-21)10-16-13-5-6-13/h11,13,15-16H,3-10,12H2,1-2H3. The number of likely N-dealkylation sites (tertiary alicyclic amines) is 1. The molecule has 1 aliphatic heterocycles. The van der Waals surface area contributed by atoms with Gasteiger partial charge in [0.05, 0.1) is 12.2 Å². The third kappa shape index (κ3) is 4.49. The molecule has 0 amide bonds. The molecule has 21 heavy (non-hydrogen) atoms. The number of likely N-dealkylation sites (N-methyl/N-ethyl adjacent to an activating group) is 2. The molecule has 1 unspecified atom stereocenters. The van der Waals surface area contributed by atoms with Crippen LogP contribution in [0.15, 0.2) is 6.20 Å². The third-order valence-corrected chi connectivity index (χ3v) is 4.64. The number of rotatable bonds is 7.